The largest absolute Gasteiger partial charge is 0.385 e. The maximum absolute atomic E-state index is 12.4. The summed E-state index contributed by atoms with van der Waals surface area (Å²) < 4.78 is 10.9. The predicted molar refractivity (Wildman–Crippen MR) is 118 cm³/mol. The number of rotatable bonds is 6. The van der Waals surface area contributed by atoms with Crippen LogP contribution in [0, 0.1) is 5.92 Å². The van der Waals surface area contributed by atoms with Gasteiger partial charge in [-0.3, -0.25) is 4.79 Å². The minimum Gasteiger partial charge on any atom is -0.385 e. The second-order valence-corrected chi connectivity index (χ2v) is 8.03. The van der Waals surface area contributed by atoms with Crippen LogP contribution >= 0.6 is 11.6 Å². The summed E-state index contributed by atoms with van der Waals surface area (Å²) in [4.78, 5) is 16.7. The summed E-state index contributed by atoms with van der Waals surface area (Å²) in [6.07, 6.45) is 3.23. The molecule has 1 amide bonds. The van der Waals surface area contributed by atoms with Crippen molar-refractivity contribution in [3.63, 3.8) is 0 Å². The maximum atomic E-state index is 12.4. The van der Waals surface area contributed by atoms with Crippen LogP contribution in [0.1, 0.15) is 12.8 Å². The molecular weight excluding hydrogens is 404 g/mol. The highest BCUT2D eigenvalue weighted by atomic mass is 35.5. The Bertz CT molecular complexity index is 867. The molecule has 2 aliphatic rings. The van der Waals surface area contributed by atoms with Gasteiger partial charge >= 0.3 is 0 Å². The maximum Gasteiger partial charge on any atom is 0.255 e. The molecule has 0 saturated carbocycles. The second-order valence-electron chi connectivity index (χ2n) is 7.62. The Labute approximate surface area is 181 Å². The molecule has 2 saturated heterocycles. The average Bonchev–Trinajstić information content (AvgIpc) is 2.80. The Hall–Kier alpha value is -2.19. The van der Waals surface area contributed by atoms with Crippen molar-refractivity contribution in [2.45, 2.75) is 18.9 Å². The zero-order valence-corrected chi connectivity index (χ0v) is 17.6. The molecule has 0 aliphatic carbocycles. The van der Waals surface area contributed by atoms with Crippen LogP contribution in [0.4, 0.5) is 11.5 Å². The second kappa shape index (κ2) is 10.2. The molecule has 2 aliphatic heterocycles. The number of carbonyl (C=O) groups is 1. The lowest BCUT2D eigenvalue weighted by molar-refractivity contribution is -0.128. The molecule has 8 heteroatoms. The summed E-state index contributed by atoms with van der Waals surface area (Å²) in [7, 11) is 0. The molecule has 30 heavy (non-hydrogen) atoms. The standard InChI is InChI=1S/C22H27ClN4O3/c23-19-13-26-21(27-22(28)20-14-24-6-9-30-20)11-18(19)16-2-1-3-17(10-16)25-12-15-4-7-29-8-5-15/h1-3,10-11,13,15,20,24-25H,4-9,12,14H2,(H,26,27,28). The van der Waals surface area contributed by atoms with Gasteiger partial charge in [-0.05, 0) is 42.5 Å². The van der Waals surface area contributed by atoms with Crippen LogP contribution in [-0.2, 0) is 14.3 Å². The summed E-state index contributed by atoms with van der Waals surface area (Å²) in [5.41, 5.74) is 2.82. The number of nitrogens with zero attached hydrogens (tertiary/aromatic N) is 1. The molecule has 1 aromatic carbocycles. The molecule has 1 atom stereocenters. The summed E-state index contributed by atoms with van der Waals surface area (Å²) in [6.45, 7) is 4.38. The third-order valence-electron chi connectivity index (χ3n) is 5.44. The first-order chi connectivity index (χ1) is 14.7. The van der Waals surface area contributed by atoms with Crippen LogP contribution in [0.25, 0.3) is 11.1 Å². The van der Waals surface area contributed by atoms with E-state index in [1.165, 1.54) is 0 Å². The molecule has 2 fully saturated rings. The number of halogens is 1. The number of benzene rings is 1. The van der Waals surface area contributed by atoms with Crippen molar-refractivity contribution in [1.82, 2.24) is 10.3 Å². The topological polar surface area (TPSA) is 84.5 Å². The molecule has 0 spiro atoms. The van der Waals surface area contributed by atoms with Crippen molar-refractivity contribution in [3.05, 3.63) is 41.6 Å². The van der Waals surface area contributed by atoms with Crippen LogP contribution in [0.5, 0.6) is 0 Å². The van der Waals surface area contributed by atoms with Crippen molar-refractivity contribution < 1.29 is 14.3 Å². The Balaban J connectivity index is 1.45. The third kappa shape index (κ3) is 5.49. The smallest absolute Gasteiger partial charge is 0.255 e. The summed E-state index contributed by atoms with van der Waals surface area (Å²) in [5, 5.41) is 10.0. The van der Waals surface area contributed by atoms with Crippen molar-refractivity contribution in [1.29, 1.82) is 0 Å². The number of amides is 1. The van der Waals surface area contributed by atoms with E-state index < -0.39 is 6.10 Å². The molecule has 0 bridgehead atoms. The van der Waals surface area contributed by atoms with Gasteiger partial charge in [0, 0.05) is 50.3 Å². The van der Waals surface area contributed by atoms with Crippen LogP contribution in [0.3, 0.4) is 0 Å². The quantitative estimate of drug-likeness (QED) is 0.652. The van der Waals surface area contributed by atoms with Gasteiger partial charge in [0.15, 0.2) is 0 Å². The van der Waals surface area contributed by atoms with Crippen molar-refractivity contribution in [3.8, 4) is 11.1 Å². The van der Waals surface area contributed by atoms with Gasteiger partial charge in [0.25, 0.3) is 5.91 Å². The first kappa shape index (κ1) is 21.1. The van der Waals surface area contributed by atoms with Crippen LogP contribution in [-0.4, -0.2) is 56.5 Å². The number of aromatic nitrogens is 1. The Morgan fingerprint density at radius 3 is 2.90 bits per heavy atom. The fourth-order valence-corrected chi connectivity index (χ4v) is 3.89. The molecular formula is C22H27ClN4O3. The predicted octanol–water partition coefficient (Wildman–Crippen LogP) is 3.17. The number of hydrogen-bond acceptors (Lipinski definition) is 6. The molecule has 4 rings (SSSR count). The molecule has 3 heterocycles. The van der Waals surface area contributed by atoms with Gasteiger partial charge in [0.1, 0.15) is 11.9 Å². The SMILES string of the molecule is O=C(Nc1cc(-c2cccc(NCC3CCOCC3)c2)c(Cl)cn1)C1CNCCO1. The lowest BCUT2D eigenvalue weighted by Gasteiger charge is -2.23. The number of nitrogens with one attached hydrogen (secondary N) is 3. The lowest BCUT2D eigenvalue weighted by Crippen LogP contribution is -2.45. The van der Waals surface area contributed by atoms with Gasteiger partial charge in [-0.2, -0.15) is 0 Å². The number of morpholine rings is 1. The third-order valence-corrected chi connectivity index (χ3v) is 5.74. The zero-order chi connectivity index (χ0) is 20.8. The van der Waals surface area contributed by atoms with Crippen LogP contribution < -0.4 is 16.0 Å². The van der Waals surface area contributed by atoms with Crippen molar-refractivity contribution in [2.75, 3.05) is 50.1 Å². The van der Waals surface area contributed by atoms with Crippen LogP contribution in [0.15, 0.2) is 36.5 Å². The van der Waals surface area contributed by atoms with Crippen molar-refractivity contribution >= 4 is 29.0 Å². The van der Waals surface area contributed by atoms with E-state index in [1.54, 1.807) is 12.3 Å². The van der Waals surface area contributed by atoms with Gasteiger partial charge in [-0.1, -0.05) is 23.7 Å². The highest BCUT2D eigenvalue weighted by Gasteiger charge is 2.22. The van der Waals surface area contributed by atoms with Gasteiger partial charge in [-0.15, -0.1) is 0 Å². The number of carbonyl (C=O) groups excluding carboxylic acids is 1. The van der Waals surface area contributed by atoms with E-state index in [4.69, 9.17) is 21.1 Å². The first-order valence-corrected chi connectivity index (χ1v) is 10.8. The Morgan fingerprint density at radius 2 is 2.10 bits per heavy atom. The Morgan fingerprint density at radius 1 is 1.23 bits per heavy atom. The number of ether oxygens (including phenoxy) is 2. The van der Waals surface area contributed by atoms with Gasteiger partial charge < -0.3 is 25.4 Å². The van der Waals surface area contributed by atoms with E-state index in [1.807, 2.05) is 18.2 Å². The van der Waals surface area contributed by atoms with E-state index in [9.17, 15) is 4.79 Å². The van der Waals surface area contributed by atoms with E-state index in [0.717, 1.165) is 56.0 Å². The molecule has 160 valence electrons. The van der Waals surface area contributed by atoms with Gasteiger partial charge in [0.05, 0.1) is 11.6 Å². The normalized spacial score (nSPS) is 20.0. The lowest BCUT2D eigenvalue weighted by atomic mass is 10.00. The summed E-state index contributed by atoms with van der Waals surface area (Å²) >= 11 is 6.42. The first-order valence-electron chi connectivity index (χ1n) is 10.4. The van der Waals surface area contributed by atoms with E-state index in [-0.39, 0.29) is 5.91 Å². The van der Waals surface area contributed by atoms with Gasteiger partial charge in [0.2, 0.25) is 0 Å². The molecule has 2 aromatic rings. The van der Waals surface area contributed by atoms with E-state index in [2.05, 4.69) is 27.0 Å². The zero-order valence-electron chi connectivity index (χ0n) is 16.8. The monoisotopic (exact) mass is 430 g/mol. The number of hydrogen-bond donors (Lipinski definition) is 3. The fraction of sp³-hybridized carbons (Fsp3) is 0.455. The van der Waals surface area contributed by atoms with E-state index >= 15 is 0 Å². The minimum atomic E-state index is -0.516. The molecule has 3 N–H and O–H groups in total. The molecule has 1 unspecified atom stereocenters. The fourth-order valence-electron chi connectivity index (χ4n) is 3.68. The van der Waals surface area contributed by atoms with Crippen LogP contribution in [0.2, 0.25) is 5.02 Å². The van der Waals surface area contributed by atoms with E-state index in [0.29, 0.717) is 29.9 Å². The summed E-state index contributed by atoms with van der Waals surface area (Å²) in [6, 6.07) is 9.92. The molecule has 0 radical (unpaired) electrons. The minimum absolute atomic E-state index is 0.213. The highest BCUT2D eigenvalue weighted by molar-refractivity contribution is 6.33. The molecule has 7 nitrogen and oxygen atoms in total. The number of pyridine rings is 1. The average molecular weight is 431 g/mol. The Kier molecular flexibility index (Phi) is 7.17. The highest BCUT2D eigenvalue weighted by Crippen LogP contribution is 2.31. The number of anilines is 2. The molecule has 1 aromatic heterocycles. The summed E-state index contributed by atoms with van der Waals surface area (Å²) in [5.74, 6) is 0.870. The van der Waals surface area contributed by atoms with Gasteiger partial charge in [-0.25, -0.2) is 4.98 Å². The van der Waals surface area contributed by atoms with Crippen molar-refractivity contribution in [2.24, 2.45) is 5.92 Å².